The summed E-state index contributed by atoms with van der Waals surface area (Å²) in [6.45, 7) is 1.78. The van der Waals surface area contributed by atoms with Crippen molar-refractivity contribution in [2.45, 2.75) is 25.5 Å². The highest BCUT2D eigenvalue weighted by molar-refractivity contribution is 5.94. The van der Waals surface area contributed by atoms with Crippen LogP contribution in [-0.4, -0.2) is 37.3 Å². The van der Waals surface area contributed by atoms with Gasteiger partial charge in [0.2, 0.25) is 5.88 Å². The van der Waals surface area contributed by atoms with E-state index in [1.54, 1.807) is 43.6 Å². The van der Waals surface area contributed by atoms with E-state index < -0.39 is 0 Å². The largest absolute Gasteiger partial charge is 0.491 e. The lowest BCUT2D eigenvalue weighted by Gasteiger charge is -2.12. The van der Waals surface area contributed by atoms with Crippen LogP contribution in [0.3, 0.4) is 0 Å². The average Bonchev–Trinajstić information content (AvgIpc) is 3.19. The highest BCUT2D eigenvalue weighted by Gasteiger charge is 2.16. The average molecular weight is 342 g/mol. The third-order valence-corrected chi connectivity index (χ3v) is 4.04. The zero-order valence-electron chi connectivity index (χ0n) is 14.2. The normalized spacial score (nSPS) is 16.4. The molecule has 6 nitrogen and oxygen atoms in total. The van der Waals surface area contributed by atoms with E-state index in [4.69, 9.17) is 14.2 Å². The van der Waals surface area contributed by atoms with Gasteiger partial charge in [0.1, 0.15) is 12.4 Å². The topological polar surface area (TPSA) is 69.7 Å². The number of carbonyl (C=O) groups is 1. The molecule has 0 saturated carbocycles. The van der Waals surface area contributed by atoms with Gasteiger partial charge in [-0.2, -0.15) is 0 Å². The number of amides is 1. The second kappa shape index (κ2) is 8.48. The molecule has 25 heavy (non-hydrogen) atoms. The molecule has 1 N–H and O–H groups in total. The van der Waals surface area contributed by atoms with Crippen molar-refractivity contribution in [1.29, 1.82) is 0 Å². The third-order valence-electron chi connectivity index (χ3n) is 4.04. The SMILES string of the molecule is COc1ccc(CNC(=O)c2ccc(OCC3CCCO3)cc2)cn1. The minimum atomic E-state index is -0.138. The molecule has 132 valence electrons. The van der Waals surface area contributed by atoms with Crippen LogP contribution in [0.2, 0.25) is 0 Å². The molecule has 2 aromatic rings. The van der Waals surface area contributed by atoms with Crippen LogP contribution in [0.15, 0.2) is 42.6 Å². The van der Waals surface area contributed by atoms with E-state index in [2.05, 4.69) is 10.3 Å². The number of methoxy groups -OCH3 is 1. The van der Waals surface area contributed by atoms with Gasteiger partial charge in [-0.05, 0) is 42.7 Å². The number of hydrogen-bond acceptors (Lipinski definition) is 5. The van der Waals surface area contributed by atoms with E-state index in [9.17, 15) is 4.79 Å². The van der Waals surface area contributed by atoms with Crippen LogP contribution in [0.25, 0.3) is 0 Å². The van der Waals surface area contributed by atoms with Crippen LogP contribution in [0.1, 0.15) is 28.8 Å². The maximum Gasteiger partial charge on any atom is 0.251 e. The molecule has 0 spiro atoms. The fraction of sp³-hybridized carbons (Fsp3) is 0.368. The fourth-order valence-corrected chi connectivity index (χ4v) is 2.59. The van der Waals surface area contributed by atoms with Gasteiger partial charge < -0.3 is 19.5 Å². The van der Waals surface area contributed by atoms with Gasteiger partial charge in [0.05, 0.1) is 13.2 Å². The Kier molecular flexibility index (Phi) is 5.85. The van der Waals surface area contributed by atoms with E-state index in [1.165, 1.54) is 0 Å². The Bertz CT molecular complexity index is 680. The predicted octanol–water partition coefficient (Wildman–Crippen LogP) is 2.58. The van der Waals surface area contributed by atoms with Gasteiger partial charge in [0.25, 0.3) is 5.91 Å². The van der Waals surface area contributed by atoms with E-state index in [1.807, 2.05) is 6.07 Å². The smallest absolute Gasteiger partial charge is 0.251 e. The number of carbonyl (C=O) groups excluding carboxylic acids is 1. The van der Waals surface area contributed by atoms with E-state index in [0.717, 1.165) is 30.8 Å². The highest BCUT2D eigenvalue weighted by Crippen LogP contribution is 2.16. The van der Waals surface area contributed by atoms with Crippen molar-refractivity contribution >= 4 is 5.91 Å². The molecular formula is C19H22N2O4. The summed E-state index contributed by atoms with van der Waals surface area (Å²) < 4.78 is 16.2. The number of aromatic nitrogens is 1. The Labute approximate surface area is 147 Å². The molecule has 0 radical (unpaired) electrons. The van der Waals surface area contributed by atoms with Gasteiger partial charge in [0, 0.05) is 31.0 Å². The van der Waals surface area contributed by atoms with Gasteiger partial charge in [-0.25, -0.2) is 4.98 Å². The first kappa shape index (κ1) is 17.2. The first-order valence-electron chi connectivity index (χ1n) is 8.36. The quantitative estimate of drug-likeness (QED) is 0.837. The highest BCUT2D eigenvalue weighted by atomic mass is 16.5. The van der Waals surface area contributed by atoms with Crippen molar-refractivity contribution in [3.05, 3.63) is 53.7 Å². The lowest BCUT2D eigenvalue weighted by atomic mass is 10.2. The molecule has 1 aromatic carbocycles. The predicted molar refractivity (Wildman–Crippen MR) is 92.9 cm³/mol. The van der Waals surface area contributed by atoms with Gasteiger partial charge in [-0.15, -0.1) is 0 Å². The monoisotopic (exact) mass is 342 g/mol. The lowest BCUT2D eigenvalue weighted by Crippen LogP contribution is -2.22. The van der Waals surface area contributed by atoms with Crippen LogP contribution in [0, 0.1) is 0 Å². The maximum absolute atomic E-state index is 12.2. The number of nitrogens with zero attached hydrogens (tertiary/aromatic N) is 1. The summed E-state index contributed by atoms with van der Waals surface area (Å²) in [5.74, 6) is 1.15. The molecule has 0 aliphatic carbocycles. The number of pyridine rings is 1. The second-order valence-corrected chi connectivity index (χ2v) is 5.86. The zero-order valence-corrected chi connectivity index (χ0v) is 14.2. The van der Waals surface area contributed by atoms with E-state index >= 15 is 0 Å². The molecule has 1 aromatic heterocycles. The van der Waals surface area contributed by atoms with Crippen molar-refractivity contribution in [2.24, 2.45) is 0 Å². The maximum atomic E-state index is 12.2. The standard InChI is InChI=1S/C19H22N2O4/c1-23-18-9-4-14(11-20-18)12-21-19(22)15-5-7-16(8-6-15)25-13-17-3-2-10-24-17/h4-9,11,17H,2-3,10,12-13H2,1H3,(H,21,22). The van der Waals surface area contributed by atoms with Crippen LogP contribution in [-0.2, 0) is 11.3 Å². The van der Waals surface area contributed by atoms with Crippen LogP contribution in [0.5, 0.6) is 11.6 Å². The van der Waals surface area contributed by atoms with Gasteiger partial charge >= 0.3 is 0 Å². The molecule has 1 atom stereocenters. The summed E-state index contributed by atoms with van der Waals surface area (Å²) in [6, 6.07) is 10.8. The minimum absolute atomic E-state index is 0.138. The van der Waals surface area contributed by atoms with E-state index in [0.29, 0.717) is 24.6 Å². The number of hydrogen-bond donors (Lipinski definition) is 1. The molecule has 1 amide bonds. The van der Waals surface area contributed by atoms with Gasteiger partial charge in [-0.3, -0.25) is 4.79 Å². The molecular weight excluding hydrogens is 320 g/mol. The fourth-order valence-electron chi connectivity index (χ4n) is 2.59. The molecule has 1 aliphatic rings. The van der Waals surface area contributed by atoms with E-state index in [-0.39, 0.29) is 12.0 Å². The summed E-state index contributed by atoms with van der Waals surface area (Å²) in [4.78, 5) is 16.3. The van der Waals surface area contributed by atoms with Crippen LogP contribution >= 0.6 is 0 Å². The summed E-state index contributed by atoms with van der Waals surface area (Å²) in [7, 11) is 1.57. The number of nitrogens with one attached hydrogen (secondary N) is 1. The summed E-state index contributed by atoms with van der Waals surface area (Å²) in [5, 5.41) is 2.87. The molecule has 3 rings (SSSR count). The van der Waals surface area contributed by atoms with Crippen molar-refractivity contribution in [1.82, 2.24) is 10.3 Å². The van der Waals surface area contributed by atoms with Crippen molar-refractivity contribution < 1.29 is 19.0 Å². The van der Waals surface area contributed by atoms with Crippen molar-refractivity contribution in [2.75, 3.05) is 20.3 Å². The number of ether oxygens (including phenoxy) is 3. The van der Waals surface area contributed by atoms with Crippen LogP contribution < -0.4 is 14.8 Å². The molecule has 6 heteroatoms. The Morgan fingerprint density at radius 2 is 2.12 bits per heavy atom. The van der Waals surface area contributed by atoms with Crippen LogP contribution in [0.4, 0.5) is 0 Å². The molecule has 1 aliphatic heterocycles. The molecule has 1 fully saturated rings. The van der Waals surface area contributed by atoms with Gasteiger partial charge in [-0.1, -0.05) is 6.07 Å². The van der Waals surface area contributed by atoms with Crippen molar-refractivity contribution in [3.63, 3.8) is 0 Å². The Morgan fingerprint density at radius 3 is 2.76 bits per heavy atom. The summed E-state index contributed by atoms with van der Waals surface area (Å²) in [5.41, 5.74) is 1.50. The van der Waals surface area contributed by atoms with Gasteiger partial charge in [0.15, 0.2) is 0 Å². The zero-order chi connectivity index (χ0) is 17.5. The summed E-state index contributed by atoms with van der Waals surface area (Å²) in [6.07, 6.45) is 4.00. The Morgan fingerprint density at radius 1 is 1.28 bits per heavy atom. The molecule has 2 heterocycles. The molecule has 1 unspecified atom stereocenters. The second-order valence-electron chi connectivity index (χ2n) is 5.86. The lowest BCUT2D eigenvalue weighted by molar-refractivity contribution is 0.0679. The third kappa shape index (κ3) is 4.93. The first-order chi connectivity index (χ1) is 12.2. The number of benzene rings is 1. The first-order valence-corrected chi connectivity index (χ1v) is 8.36. The Hall–Kier alpha value is -2.60. The molecule has 0 bridgehead atoms. The minimum Gasteiger partial charge on any atom is -0.491 e. The summed E-state index contributed by atoms with van der Waals surface area (Å²) >= 11 is 0. The Balaban J connectivity index is 1.47. The number of rotatable bonds is 7. The van der Waals surface area contributed by atoms with Crippen molar-refractivity contribution in [3.8, 4) is 11.6 Å². The molecule has 1 saturated heterocycles.